The van der Waals surface area contributed by atoms with Gasteiger partial charge in [0.15, 0.2) is 0 Å². The van der Waals surface area contributed by atoms with Gasteiger partial charge >= 0.3 is 6.18 Å². The number of benzene rings is 1. The molecular weight excluding hydrogens is 257 g/mol. The lowest BCUT2D eigenvalue weighted by molar-refractivity contribution is -0.137. The van der Waals surface area contributed by atoms with Crippen LogP contribution in [0.2, 0.25) is 0 Å². The van der Waals surface area contributed by atoms with E-state index < -0.39 is 11.7 Å². The maximum Gasteiger partial charge on any atom is 0.418 e. The van der Waals surface area contributed by atoms with E-state index in [0.717, 1.165) is 18.9 Å². The van der Waals surface area contributed by atoms with Gasteiger partial charge in [0, 0.05) is 24.8 Å². The topological polar surface area (TPSA) is 49.5 Å². The fraction of sp³-hybridized carbons (Fsp3) is 0.538. The van der Waals surface area contributed by atoms with Gasteiger partial charge < -0.3 is 15.7 Å². The first kappa shape index (κ1) is 14.1. The first-order valence-corrected chi connectivity index (χ1v) is 6.25. The van der Waals surface area contributed by atoms with Gasteiger partial charge in [-0.2, -0.15) is 13.2 Å². The molecule has 1 saturated carbocycles. The molecule has 1 aliphatic rings. The van der Waals surface area contributed by atoms with Gasteiger partial charge in [-0.25, -0.2) is 0 Å². The Morgan fingerprint density at radius 3 is 2.47 bits per heavy atom. The van der Waals surface area contributed by atoms with E-state index >= 15 is 0 Å². The minimum absolute atomic E-state index is 0.0762. The number of halogens is 3. The Kier molecular flexibility index (Phi) is 4.01. The molecule has 0 atom stereocenters. The minimum Gasteiger partial charge on any atom is -0.395 e. The lowest BCUT2D eigenvalue weighted by atomic mass is 10.1. The standard InChI is InChI=1S/C13H17F3N2O/c14-13(15,16)11-7-9(8-17)1-4-12(11)18(5-6-19)10-2-3-10/h1,4,7,10,19H,2-3,5-6,8,17H2. The molecule has 106 valence electrons. The molecule has 19 heavy (non-hydrogen) atoms. The van der Waals surface area contributed by atoms with Gasteiger partial charge in [-0.05, 0) is 30.5 Å². The van der Waals surface area contributed by atoms with E-state index in [0.29, 0.717) is 5.56 Å². The van der Waals surface area contributed by atoms with Crippen LogP contribution in [0.25, 0.3) is 0 Å². The molecule has 0 unspecified atom stereocenters. The van der Waals surface area contributed by atoms with Crippen LogP contribution >= 0.6 is 0 Å². The predicted molar refractivity (Wildman–Crippen MR) is 66.8 cm³/mol. The van der Waals surface area contributed by atoms with Crippen molar-refractivity contribution in [2.45, 2.75) is 31.6 Å². The zero-order valence-electron chi connectivity index (χ0n) is 10.5. The van der Waals surface area contributed by atoms with E-state index in [2.05, 4.69) is 0 Å². The van der Waals surface area contributed by atoms with Gasteiger partial charge in [0.2, 0.25) is 0 Å². The summed E-state index contributed by atoms with van der Waals surface area (Å²) in [4.78, 5) is 1.64. The largest absolute Gasteiger partial charge is 0.418 e. The molecule has 1 aliphatic carbocycles. The molecule has 1 aromatic carbocycles. The third-order valence-electron chi connectivity index (χ3n) is 3.24. The van der Waals surface area contributed by atoms with Gasteiger partial charge in [0.05, 0.1) is 12.2 Å². The fourth-order valence-electron chi connectivity index (χ4n) is 2.18. The third kappa shape index (κ3) is 3.19. The van der Waals surface area contributed by atoms with Crippen LogP contribution in [0.5, 0.6) is 0 Å². The minimum atomic E-state index is -4.41. The number of alkyl halides is 3. The van der Waals surface area contributed by atoms with Crippen LogP contribution in [0.3, 0.4) is 0 Å². The van der Waals surface area contributed by atoms with Gasteiger partial charge in [-0.1, -0.05) is 6.07 Å². The molecule has 6 heteroatoms. The predicted octanol–water partition coefficient (Wildman–Crippen LogP) is 2.13. The molecule has 3 N–H and O–H groups in total. The lowest BCUT2D eigenvalue weighted by Gasteiger charge is -2.27. The molecule has 0 aromatic heterocycles. The van der Waals surface area contributed by atoms with Crippen LogP contribution in [0, 0.1) is 0 Å². The zero-order chi connectivity index (χ0) is 14.0. The highest BCUT2D eigenvalue weighted by atomic mass is 19.4. The van der Waals surface area contributed by atoms with Crippen molar-refractivity contribution >= 4 is 5.69 Å². The van der Waals surface area contributed by atoms with E-state index in [1.807, 2.05) is 0 Å². The first-order valence-electron chi connectivity index (χ1n) is 6.25. The molecular formula is C13H17F3N2O. The molecule has 0 heterocycles. The maximum absolute atomic E-state index is 13.1. The Morgan fingerprint density at radius 1 is 1.32 bits per heavy atom. The summed E-state index contributed by atoms with van der Waals surface area (Å²) in [6, 6.07) is 4.27. The van der Waals surface area contributed by atoms with E-state index in [1.165, 1.54) is 6.07 Å². The smallest absolute Gasteiger partial charge is 0.395 e. The van der Waals surface area contributed by atoms with Crippen molar-refractivity contribution in [1.29, 1.82) is 0 Å². The quantitative estimate of drug-likeness (QED) is 0.864. The summed E-state index contributed by atoms with van der Waals surface area (Å²) in [5.41, 5.74) is 5.32. The highest BCUT2D eigenvalue weighted by Gasteiger charge is 2.38. The monoisotopic (exact) mass is 274 g/mol. The van der Waals surface area contributed by atoms with Crippen molar-refractivity contribution in [3.05, 3.63) is 29.3 Å². The van der Waals surface area contributed by atoms with Crippen molar-refractivity contribution in [2.24, 2.45) is 5.73 Å². The van der Waals surface area contributed by atoms with Crippen molar-refractivity contribution in [2.75, 3.05) is 18.1 Å². The molecule has 0 amide bonds. The average Bonchev–Trinajstić information content (AvgIpc) is 3.18. The Balaban J connectivity index is 2.42. The molecule has 0 bridgehead atoms. The van der Waals surface area contributed by atoms with Crippen LogP contribution in [-0.4, -0.2) is 24.3 Å². The molecule has 3 nitrogen and oxygen atoms in total. The highest BCUT2D eigenvalue weighted by molar-refractivity contribution is 5.58. The number of aliphatic hydroxyl groups excluding tert-OH is 1. The molecule has 1 aromatic rings. The van der Waals surface area contributed by atoms with Gasteiger partial charge in [-0.15, -0.1) is 0 Å². The summed E-state index contributed by atoms with van der Waals surface area (Å²) in [5.74, 6) is 0. The number of nitrogens with two attached hydrogens (primary N) is 1. The van der Waals surface area contributed by atoms with Crippen molar-refractivity contribution < 1.29 is 18.3 Å². The van der Waals surface area contributed by atoms with Gasteiger partial charge in [-0.3, -0.25) is 0 Å². The molecule has 0 aliphatic heterocycles. The number of rotatable bonds is 5. The molecule has 0 saturated heterocycles. The summed E-state index contributed by atoms with van der Waals surface area (Å²) in [7, 11) is 0. The summed E-state index contributed by atoms with van der Waals surface area (Å²) in [6.45, 7) is 0.134. The Bertz CT molecular complexity index is 444. The second-order valence-electron chi connectivity index (χ2n) is 4.70. The normalized spacial score (nSPS) is 15.6. The Labute approximate surface area is 109 Å². The maximum atomic E-state index is 13.1. The van der Waals surface area contributed by atoms with Crippen molar-refractivity contribution in [3.8, 4) is 0 Å². The van der Waals surface area contributed by atoms with E-state index in [-0.39, 0.29) is 31.4 Å². The van der Waals surface area contributed by atoms with Crippen molar-refractivity contribution in [1.82, 2.24) is 0 Å². The third-order valence-corrected chi connectivity index (χ3v) is 3.24. The Hall–Kier alpha value is -1.27. The van der Waals surface area contributed by atoms with E-state index in [1.54, 1.807) is 11.0 Å². The summed E-state index contributed by atoms with van der Waals surface area (Å²) in [6.07, 6.45) is -2.67. The first-order chi connectivity index (χ1) is 8.97. The zero-order valence-corrected chi connectivity index (χ0v) is 10.5. The molecule has 1 fully saturated rings. The van der Waals surface area contributed by atoms with Crippen LogP contribution in [0.1, 0.15) is 24.0 Å². The molecule has 0 spiro atoms. The van der Waals surface area contributed by atoms with Crippen LogP contribution in [0.15, 0.2) is 18.2 Å². The van der Waals surface area contributed by atoms with E-state index in [9.17, 15) is 13.2 Å². The number of aliphatic hydroxyl groups is 1. The second kappa shape index (κ2) is 5.38. The van der Waals surface area contributed by atoms with E-state index in [4.69, 9.17) is 10.8 Å². The number of hydrogen-bond acceptors (Lipinski definition) is 3. The highest BCUT2D eigenvalue weighted by Crippen LogP contribution is 2.40. The van der Waals surface area contributed by atoms with Crippen molar-refractivity contribution in [3.63, 3.8) is 0 Å². The fourth-order valence-corrected chi connectivity index (χ4v) is 2.18. The number of nitrogens with zero attached hydrogens (tertiary/aromatic N) is 1. The molecule has 2 rings (SSSR count). The summed E-state index contributed by atoms with van der Waals surface area (Å²) in [5, 5.41) is 9.03. The summed E-state index contributed by atoms with van der Waals surface area (Å²) >= 11 is 0. The van der Waals surface area contributed by atoms with Crippen LogP contribution < -0.4 is 10.6 Å². The van der Waals surface area contributed by atoms with Gasteiger partial charge in [0.25, 0.3) is 0 Å². The number of hydrogen-bond donors (Lipinski definition) is 2. The lowest BCUT2D eigenvalue weighted by Crippen LogP contribution is -2.31. The van der Waals surface area contributed by atoms with Crippen LogP contribution in [-0.2, 0) is 12.7 Å². The SMILES string of the molecule is NCc1ccc(N(CCO)C2CC2)c(C(F)(F)F)c1. The molecule has 0 radical (unpaired) electrons. The Morgan fingerprint density at radius 2 is 2.00 bits per heavy atom. The summed E-state index contributed by atoms with van der Waals surface area (Å²) < 4.78 is 39.4. The van der Waals surface area contributed by atoms with Gasteiger partial charge in [0.1, 0.15) is 0 Å². The second-order valence-corrected chi connectivity index (χ2v) is 4.70. The average molecular weight is 274 g/mol. The van der Waals surface area contributed by atoms with Crippen LogP contribution in [0.4, 0.5) is 18.9 Å². The number of anilines is 1.